The molecular formula is C18H21ClFNO7S. The highest BCUT2D eigenvalue weighted by Crippen LogP contribution is 2.39. The predicted molar refractivity (Wildman–Crippen MR) is 103 cm³/mol. The van der Waals surface area contributed by atoms with E-state index in [1.165, 1.54) is 0 Å². The molecule has 3 rings (SSSR count). The summed E-state index contributed by atoms with van der Waals surface area (Å²) in [4.78, 5) is 11.8. The fourth-order valence-corrected chi connectivity index (χ4v) is 5.30. The zero-order chi connectivity index (χ0) is 21.4. The number of ether oxygens (including phenoxy) is 2. The Kier molecular flexibility index (Phi) is 6.21. The van der Waals surface area contributed by atoms with Crippen molar-refractivity contribution in [3.8, 4) is 0 Å². The van der Waals surface area contributed by atoms with E-state index in [1.54, 1.807) is 6.92 Å². The van der Waals surface area contributed by atoms with Crippen molar-refractivity contribution < 1.29 is 37.3 Å². The Hall–Kier alpha value is -1.72. The van der Waals surface area contributed by atoms with Gasteiger partial charge < -0.3 is 19.7 Å². The van der Waals surface area contributed by atoms with Crippen LogP contribution < -0.4 is 4.72 Å². The number of aliphatic carboxylic acids is 1. The molecule has 1 aromatic rings. The molecule has 4 unspecified atom stereocenters. The topological polar surface area (TPSA) is 122 Å². The number of nitrogens with one attached hydrogen (secondary N) is 1. The third kappa shape index (κ3) is 4.56. The number of sulfonamides is 1. The Morgan fingerprint density at radius 3 is 2.79 bits per heavy atom. The zero-order valence-corrected chi connectivity index (χ0v) is 17.0. The first-order chi connectivity index (χ1) is 13.6. The van der Waals surface area contributed by atoms with Crippen molar-refractivity contribution in [1.29, 1.82) is 0 Å². The van der Waals surface area contributed by atoms with Crippen molar-refractivity contribution in [2.75, 3.05) is 11.3 Å². The highest BCUT2D eigenvalue weighted by atomic mass is 35.5. The molecule has 0 saturated carbocycles. The van der Waals surface area contributed by atoms with Gasteiger partial charge in [0.1, 0.15) is 17.2 Å². The van der Waals surface area contributed by atoms with Crippen LogP contribution in [-0.2, 0) is 24.3 Å². The molecule has 2 aliphatic rings. The molecule has 1 heterocycles. The Labute approximate surface area is 172 Å². The van der Waals surface area contributed by atoms with Crippen molar-refractivity contribution in [1.82, 2.24) is 0 Å². The van der Waals surface area contributed by atoms with Crippen LogP contribution >= 0.6 is 11.6 Å². The first kappa shape index (κ1) is 22.0. The van der Waals surface area contributed by atoms with Crippen LogP contribution in [-0.4, -0.2) is 54.5 Å². The third-order valence-electron chi connectivity index (χ3n) is 4.96. The van der Waals surface area contributed by atoms with Gasteiger partial charge in [-0.25, -0.2) is 17.6 Å². The molecule has 1 fully saturated rings. The molecule has 0 radical (unpaired) electrons. The first-order valence-corrected chi connectivity index (χ1v) is 10.9. The molecule has 0 bridgehead atoms. The summed E-state index contributed by atoms with van der Waals surface area (Å²) in [5.74, 6) is -3.48. The number of carbonyl (C=O) groups is 1. The van der Waals surface area contributed by atoms with Gasteiger partial charge in [0.2, 0.25) is 10.0 Å². The van der Waals surface area contributed by atoms with Crippen LogP contribution in [0, 0.1) is 5.82 Å². The molecule has 0 amide bonds. The molecule has 1 spiro atoms. The number of aliphatic hydroxyl groups is 1. The van der Waals surface area contributed by atoms with E-state index in [1.807, 2.05) is 0 Å². The minimum Gasteiger partial charge on any atom is -0.478 e. The van der Waals surface area contributed by atoms with Gasteiger partial charge in [0.05, 0.1) is 29.0 Å². The maximum Gasteiger partial charge on any atom is 0.332 e. The molecule has 1 aromatic carbocycles. The largest absolute Gasteiger partial charge is 0.478 e. The lowest BCUT2D eigenvalue weighted by Crippen LogP contribution is -2.53. The molecule has 0 aromatic heterocycles. The number of rotatable bonds is 5. The van der Waals surface area contributed by atoms with E-state index >= 15 is 0 Å². The van der Waals surface area contributed by atoms with Crippen LogP contribution in [0.25, 0.3) is 0 Å². The number of halogens is 2. The van der Waals surface area contributed by atoms with Gasteiger partial charge in [0, 0.05) is 6.42 Å². The van der Waals surface area contributed by atoms with Crippen LogP contribution in [0.5, 0.6) is 0 Å². The lowest BCUT2D eigenvalue weighted by Gasteiger charge is -2.44. The average Bonchev–Trinajstić information content (AvgIpc) is 2.66. The zero-order valence-electron chi connectivity index (χ0n) is 15.5. The number of carboxylic acids is 1. The fourth-order valence-electron chi connectivity index (χ4n) is 3.47. The van der Waals surface area contributed by atoms with Crippen LogP contribution in [0.2, 0.25) is 5.02 Å². The first-order valence-electron chi connectivity index (χ1n) is 8.99. The molecular weight excluding hydrogens is 429 g/mol. The predicted octanol–water partition coefficient (Wildman–Crippen LogP) is 2.28. The van der Waals surface area contributed by atoms with Gasteiger partial charge in [0.25, 0.3) is 0 Å². The number of hydrogen-bond donors (Lipinski definition) is 3. The molecule has 1 aliphatic heterocycles. The van der Waals surface area contributed by atoms with E-state index in [0.717, 1.165) is 24.3 Å². The summed E-state index contributed by atoms with van der Waals surface area (Å²) >= 11 is 5.87. The van der Waals surface area contributed by atoms with Gasteiger partial charge in [-0.1, -0.05) is 18.5 Å². The Bertz CT molecular complexity index is 938. The minimum absolute atomic E-state index is 0.0528. The lowest BCUT2D eigenvalue weighted by molar-refractivity contribution is -0.301. The molecule has 1 saturated heterocycles. The summed E-state index contributed by atoms with van der Waals surface area (Å²) in [6.45, 7) is 1.75. The maximum absolute atomic E-state index is 13.2. The van der Waals surface area contributed by atoms with Gasteiger partial charge in [-0.3, -0.25) is 4.72 Å². The Morgan fingerprint density at radius 2 is 2.17 bits per heavy atom. The molecule has 4 atom stereocenters. The van der Waals surface area contributed by atoms with Gasteiger partial charge in [0.15, 0.2) is 5.79 Å². The minimum atomic E-state index is -4.22. The second-order valence-electron chi connectivity index (χ2n) is 6.96. The highest BCUT2D eigenvalue weighted by Gasteiger charge is 2.48. The van der Waals surface area contributed by atoms with Crippen LogP contribution in [0.3, 0.4) is 0 Å². The highest BCUT2D eigenvalue weighted by molar-refractivity contribution is 7.93. The summed E-state index contributed by atoms with van der Waals surface area (Å²) in [7, 11) is -4.22. The van der Waals surface area contributed by atoms with Crippen molar-refractivity contribution in [2.45, 2.75) is 49.4 Å². The lowest BCUT2D eigenvalue weighted by atomic mass is 9.92. The summed E-state index contributed by atoms with van der Waals surface area (Å²) in [6, 6.07) is 3.14. The van der Waals surface area contributed by atoms with Crippen LogP contribution in [0.15, 0.2) is 29.8 Å². The Balaban J connectivity index is 1.91. The van der Waals surface area contributed by atoms with Gasteiger partial charge >= 0.3 is 5.97 Å². The summed E-state index contributed by atoms with van der Waals surface area (Å²) in [5, 5.41) is 18.0. The molecule has 29 heavy (non-hydrogen) atoms. The molecule has 160 valence electrons. The normalized spacial score (nSPS) is 30.1. The SMILES string of the molecule is CCC1OC2(C=C(C(=O)O)C(S(=O)(=O)Nc3ccc(F)cc3Cl)CC2)OCC1O. The summed E-state index contributed by atoms with van der Waals surface area (Å²) in [5.41, 5.74) is -0.467. The van der Waals surface area contributed by atoms with Gasteiger partial charge in [-0.2, -0.15) is 0 Å². The van der Waals surface area contributed by atoms with E-state index in [0.29, 0.717) is 6.42 Å². The molecule has 11 heteroatoms. The van der Waals surface area contributed by atoms with E-state index in [-0.39, 0.29) is 30.2 Å². The van der Waals surface area contributed by atoms with Crippen molar-refractivity contribution in [3.63, 3.8) is 0 Å². The summed E-state index contributed by atoms with van der Waals surface area (Å²) in [6.07, 6.45) is 0.211. The van der Waals surface area contributed by atoms with Crippen molar-refractivity contribution in [3.05, 3.63) is 40.7 Å². The number of carboxylic acid groups (broad SMARTS) is 1. The van der Waals surface area contributed by atoms with E-state index in [9.17, 15) is 27.8 Å². The number of benzene rings is 1. The number of aliphatic hydroxyl groups excluding tert-OH is 1. The van der Waals surface area contributed by atoms with Crippen LogP contribution in [0.1, 0.15) is 26.2 Å². The third-order valence-corrected chi connectivity index (χ3v) is 7.02. The van der Waals surface area contributed by atoms with Crippen LogP contribution in [0.4, 0.5) is 10.1 Å². The van der Waals surface area contributed by atoms with Crippen molar-refractivity contribution >= 4 is 33.3 Å². The van der Waals surface area contributed by atoms with Crippen molar-refractivity contribution in [2.24, 2.45) is 0 Å². The van der Waals surface area contributed by atoms with E-state index in [2.05, 4.69) is 4.72 Å². The van der Waals surface area contributed by atoms with E-state index < -0.39 is 50.6 Å². The molecule has 8 nitrogen and oxygen atoms in total. The molecule has 3 N–H and O–H groups in total. The van der Waals surface area contributed by atoms with Gasteiger partial charge in [-0.05, 0) is 37.1 Å². The Morgan fingerprint density at radius 1 is 1.45 bits per heavy atom. The monoisotopic (exact) mass is 449 g/mol. The fraction of sp³-hybridized carbons (Fsp3) is 0.500. The van der Waals surface area contributed by atoms with E-state index in [4.69, 9.17) is 21.1 Å². The quantitative estimate of drug-likeness (QED) is 0.630. The average molecular weight is 450 g/mol. The standard InChI is InChI=1S/C18H21ClFNO7S/c1-2-15-14(22)9-27-18(28-15)6-5-16(11(8-18)17(23)24)29(25,26)21-13-4-3-10(20)7-12(13)19/h3-4,7-8,14-16,21-22H,2,5-6,9H2,1H3,(H,23,24). The van der Waals surface area contributed by atoms with Gasteiger partial charge in [-0.15, -0.1) is 0 Å². The number of anilines is 1. The maximum atomic E-state index is 13.2. The number of hydrogen-bond acceptors (Lipinski definition) is 6. The molecule has 1 aliphatic carbocycles. The summed E-state index contributed by atoms with van der Waals surface area (Å²) < 4.78 is 52.5. The second-order valence-corrected chi connectivity index (χ2v) is 9.23. The smallest absolute Gasteiger partial charge is 0.332 e. The second kappa shape index (κ2) is 8.19.